The first kappa shape index (κ1) is 11.1. The van der Waals surface area contributed by atoms with Gasteiger partial charge in [-0.3, -0.25) is 4.98 Å². The Morgan fingerprint density at radius 3 is 1.58 bits per heavy atom. The maximum absolute atomic E-state index is 8.49. The van der Waals surface area contributed by atoms with Crippen LogP contribution in [0, 0.1) is 10.2 Å². The van der Waals surface area contributed by atoms with Crippen LogP contribution in [-0.2, 0) is 0 Å². The van der Waals surface area contributed by atoms with Crippen LogP contribution in [-0.4, -0.2) is 4.98 Å². The molecule has 0 radical (unpaired) electrons. The van der Waals surface area contributed by atoms with Gasteiger partial charge in [-0.05, 0) is 12.1 Å². The molecular formula is C5H6ClN2O4-. The predicted octanol–water partition coefficient (Wildman–Crippen LogP) is -4.09. The van der Waals surface area contributed by atoms with Crippen LogP contribution in [0.15, 0.2) is 24.5 Å². The van der Waals surface area contributed by atoms with E-state index in [0.29, 0.717) is 0 Å². The highest BCUT2D eigenvalue weighted by molar-refractivity contribution is 5.33. The molecule has 1 heterocycles. The summed E-state index contributed by atoms with van der Waals surface area (Å²) in [7, 11) is -4.94. The van der Waals surface area contributed by atoms with E-state index >= 15 is 0 Å². The second-order valence-corrected chi connectivity index (χ2v) is 2.41. The summed E-state index contributed by atoms with van der Waals surface area (Å²) >= 11 is 0. The van der Waals surface area contributed by atoms with Gasteiger partial charge in [0.1, 0.15) is 0 Å². The number of nitrogens with zero attached hydrogens (tertiary/aromatic N) is 1. The van der Waals surface area contributed by atoms with Crippen molar-refractivity contribution in [3.63, 3.8) is 0 Å². The molecule has 68 valence electrons. The average molecular weight is 194 g/mol. The zero-order chi connectivity index (χ0) is 9.61. The van der Waals surface area contributed by atoms with E-state index in [1.807, 2.05) is 0 Å². The lowest BCUT2D eigenvalue weighted by molar-refractivity contribution is -2.00. The molecule has 0 aliphatic heterocycles. The fourth-order valence-corrected chi connectivity index (χ4v) is 0.363. The summed E-state index contributed by atoms with van der Waals surface area (Å²) in [6, 6.07) is 3.50. The van der Waals surface area contributed by atoms with Crippen molar-refractivity contribution >= 4 is 5.69 Å². The molecule has 0 spiro atoms. The van der Waals surface area contributed by atoms with Crippen LogP contribution in [0.2, 0.25) is 0 Å². The number of pyridine rings is 1. The maximum atomic E-state index is 8.49. The first-order valence-electron chi connectivity index (χ1n) is 2.67. The first-order chi connectivity index (χ1) is 5.39. The van der Waals surface area contributed by atoms with Crippen molar-refractivity contribution in [1.29, 1.82) is 0 Å². The zero-order valence-corrected chi connectivity index (χ0v) is 6.60. The molecule has 0 atom stereocenters. The maximum Gasteiger partial charge on any atom is 0.0344 e. The Morgan fingerprint density at radius 2 is 1.42 bits per heavy atom. The highest BCUT2D eigenvalue weighted by Gasteiger charge is 1.84. The number of hydrogen-bond acceptors (Lipinski definition) is 6. The van der Waals surface area contributed by atoms with Crippen molar-refractivity contribution in [1.82, 2.24) is 4.98 Å². The quantitative estimate of drug-likeness (QED) is 0.446. The minimum atomic E-state index is -4.94. The first-order valence-corrected chi connectivity index (χ1v) is 3.90. The van der Waals surface area contributed by atoms with Crippen LogP contribution in [0.25, 0.3) is 0 Å². The van der Waals surface area contributed by atoms with E-state index in [4.69, 9.17) is 24.4 Å². The Kier molecular flexibility index (Phi) is 4.49. The normalized spacial score (nSPS) is 10.0. The third-order valence-electron chi connectivity index (χ3n) is 0.706. The summed E-state index contributed by atoms with van der Waals surface area (Å²) < 4.78 is 34.0. The SMILES string of the molecule is Nc1ccncc1.[O-][Cl+3]([O-])([O-])[O-]. The van der Waals surface area contributed by atoms with Crippen LogP contribution >= 0.6 is 0 Å². The molecule has 0 amide bonds. The third kappa shape index (κ3) is 11.8. The molecule has 2 N–H and O–H groups in total. The summed E-state index contributed by atoms with van der Waals surface area (Å²) in [6.07, 6.45) is 3.32. The summed E-state index contributed by atoms with van der Waals surface area (Å²) in [6.45, 7) is 0. The van der Waals surface area contributed by atoms with Crippen LogP contribution in [0.4, 0.5) is 5.69 Å². The van der Waals surface area contributed by atoms with E-state index in [1.165, 1.54) is 0 Å². The Hall–Kier alpha value is -0.920. The van der Waals surface area contributed by atoms with Gasteiger partial charge in [-0.1, -0.05) is 0 Å². The number of anilines is 1. The zero-order valence-electron chi connectivity index (χ0n) is 5.84. The van der Waals surface area contributed by atoms with Crippen molar-refractivity contribution in [3.8, 4) is 0 Å². The number of aromatic nitrogens is 1. The van der Waals surface area contributed by atoms with Crippen molar-refractivity contribution < 1.29 is 28.9 Å². The molecule has 12 heavy (non-hydrogen) atoms. The van der Waals surface area contributed by atoms with Gasteiger partial charge in [0.15, 0.2) is 0 Å². The number of hydrogen-bond donors (Lipinski definition) is 1. The highest BCUT2D eigenvalue weighted by atomic mass is 35.7. The van der Waals surface area contributed by atoms with Crippen molar-refractivity contribution in [2.45, 2.75) is 0 Å². The lowest BCUT2D eigenvalue weighted by atomic mass is 10.4. The third-order valence-corrected chi connectivity index (χ3v) is 0.706. The molecule has 1 aromatic rings. The lowest BCUT2D eigenvalue weighted by Crippen LogP contribution is -2.68. The van der Waals surface area contributed by atoms with Crippen LogP contribution in [0.1, 0.15) is 0 Å². The van der Waals surface area contributed by atoms with Gasteiger partial charge in [-0.25, -0.2) is 18.6 Å². The molecule has 0 fully saturated rings. The molecule has 7 heteroatoms. The van der Waals surface area contributed by atoms with Crippen LogP contribution in [0.5, 0.6) is 0 Å². The summed E-state index contributed by atoms with van der Waals surface area (Å²) in [4.78, 5) is 3.77. The predicted molar refractivity (Wildman–Crippen MR) is 28.6 cm³/mol. The van der Waals surface area contributed by atoms with E-state index in [1.54, 1.807) is 24.5 Å². The molecule has 0 aromatic carbocycles. The Labute approximate surface area is 70.6 Å². The van der Waals surface area contributed by atoms with Gasteiger partial charge in [0.25, 0.3) is 0 Å². The lowest BCUT2D eigenvalue weighted by Gasteiger charge is -2.17. The van der Waals surface area contributed by atoms with E-state index < -0.39 is 10.2 Å². The molecule has 0 aliphatic carbocycles. The number of nitrogens with two attached hydrogens (primary N) is 1. The summed E-state index contributed by atoms with van der Waals surface area (Å²) in [5.41, 5.74) is 6.08. The molecule has 0 saturated carbocycles. The Balaban J connectivity index is 0.000000217. The largest absolute Gasteiger partial charge is 0.399 e. The number of rotatable bonds is 0. The smallest absolute Gasteiger partial charge is 0.0344 e. The molecule has 1 aromatic heterocycles. The topological polar surface area (TPSA) is 131 Å². The second-order valence-electron chi connectivity index (χ2n) is 1.66. The number of halogens is 1. The fourth-order valence-electron chi connectivity index (χ4n) is 0.363. The molecule has 0 aliphatic rings. The van der Waals surface area contributed by atoms with Gasteiger partial charge in [0.2, 0.25) is 0 Å². The van der Waals surface area contributed by atoms with Crippen LogP contribution < -0.4 is 24.4 Å². The van der Waals surface area contributed by atoms with E-state index in [0.717, 1.165) is 5.69 Å². The van der Waals surface area contributed by atoms with Gasteiger partial charge in [0, 0.05) is 18.1 Å². The van der Waals surface area contributed by atoms with Gasteiger partial charge in [-0.15, -0.1) is 10.2 Å². The van der Waals surface area contributed by atoms with E-state index in [2.05, 4.69) is 4.98 Å². The molecule has 6 nitrogen and oxygen atoms in total. The van der Waals surface area contributed by atoms with Gasteiger partial charge in [-0.2, -0.15) is 0 Å². The average Bonchev–Trinajstić information content (AvgIpc) is 1.85. The fraction of sp³-hybridized carbons (Fsp3) is 0. The summed E-state index contributed by atoms with van der Waals surface area (Å²) in [5.74, 6) is 0. The van der Waals surface area contributed by atoms with Crippen molar-refractivity contribution in [2.24, 2.45) is 0 Å². The highest BCUT2D eigenvalue weighted by Crippen LogP contribution is 1.92. The van der Waals surface area contributed by atoms with Crippen LogP contribution in [0.3, 0.4) is 0 Å². The van der Waals surface area contributed by atoms with Crippen molar-refractivity contribution in [3.05, 3.63) is 24.5 Å². The Morgan fingerprint density at radius 1 is 1.08 bits per heavy atom. The van der Waals surface area contributed by atoms with Gasteiger partial charge < -0.3 is 5.73 Å². The molecular weight excluding hydrogens is 188 g/mol. The standard InChI is InChI=1S/C5H6N2.ClHO4/c6-5-1-3-7-4-2-5;2-1(3,4)5/h1-4H,(H2,6,7);(H,2,3,4,5)/p-1. The van der Waals surface area contributed by atoms with E-state index in [9.17, 15) is 0 Å². The molecule has 0 unspecified atom stereocenters. The Bertz CT molecular complexity index is 206. The minimum absolute atomic E-state index is 0.759. The summed E-state index contributed by atoms with van der Waals surface area (Å²) in [5, 5.41) is 0. The molecule has 1 rings (SSSR count). The minimum Gasteiger partial charge on any atom is -0.399 e. The van der Waals surface area contributed by atoms with E-state index in [-0.39, 0.29) is 0 Å². The molecule has 0 bridgehead atoms. The monoisotopic (exact) mass is 193 g/mol. The van der Waals surface area contributed by atoms with Crippen molar-refractivity contribution in [2.75, 3.05) is 5.73 Å². The molecule has 0 saturated heterocycles. The van der Waals surface area contributed by atoms with Gasteiger partial charge >= 0.3 is 0 Å². The number of nitrogen functional groups attached to an aromatic ring is 1. The second kappa shape index (κ2) is 4.86. The van der Waals surface area contributed by atoms with Gasteiger partial charge in [0.05, 0.1) is 0 Å².